The van der Waals surface area contributed by atoms with E-state index in [2.05, 4.69) is 56.8 Å². The van der Waals surface area contributed by atoms with Crippen molar-refractivity contribution in [2.75, 3.05) is 49.2 Å². The van der Waals surface area contributed by atoms with Crippen LogP contribution in [0, 0.1) is 13.8 Å². The summed E-state index contributed by atoms with van der Waals surface area (Å²) in [5, 5.41) is 24.2. The molecule has 6 heterocycles. The van der Waals surface area contributed by atoms with E-state index in [0.717, 1.165) is 136 Å². The number of anilines is 2. The van der Waals surface area contributed by atoms with Crippen molar-refractivity contribution in [2.45, 2.75) is 115 Å². The molecule has 4 N–H and O–H groups in total. The number of nitrogens with one attached hydrogen (secondary N) is 2. The number of pyridine rings is 2. The minimum Gasteiger partial charge on any atom is -0.490 e. The maximum absolute atomic E-state index is 11.9. The number of benzene rings is 2. The van der Waals surface area contributed by atoms with E-state index in [-0.39, 0.29) is 37.2 Å². The summed E-state index contributed by atoms with van der Waals surface area (Å²) in [6.45, 7) is 9.25. The van der Waals surface area contributed by atoms with Gasteiger partial charge in [0, 0.05) is 65.1 Å². The summed E-state index contributed by atoms with van der Waals surface area (Å²) in [4.78, 5) is 37.9. The monoisotopic (exact) mass is 814 g/mol. The second kappa shape index (κ2) is 17.4. The third-order valence-electron chi connectivity index (χ3n) is 13.5. The lowest BCUT2D eigenvalue weighted by Gasteiger charge is -2.34. The van der Waals surface area contributed by atoms with E-state index >= 15 is 0 Å². The van der Waals surface area contributed by atoms with Gasteiger partial charge in [0.1, 0.15) is 35.3 Å². The molecule has 12 heteroatoms. The van der Waals surface area contributed by atoms with Crippen molar-refractivity contribution < 1.29 is 29.3 Å². The summed E-state index contributed by atoms with van der Waals surface area (Å²) >= 11 is 0. The topological polar surface area (TPSA) is 149 Å². The number of aliphatic hydroxyl groups excluding tert-OH is 2. The first-order valence-corrected chi connectivity index (χ1v) is 22.1. The maximum Gasteiger partial charge on any atom is 0.253 e. The molecule has 12 nitrogen and oxygen atoms in total. The molecule has 4 aromatic rings. The summed E-state index contributed by atoms with van der Waals surface area (Å²) in [6.07, 6.45) is 10.4. The van der Waals surface area contributed by atoms with Crippen molar-refractivity contribution in [2.24, 2.45) is 0 Å². The van der Waals surface area contributed by atoms with Crippen LogP contribution in [-0.2, 0) is 25.9 Å². The van der Waals surface area contributed by atoms with E-state index < -0.39 is 0 Å². The number of carbonyl (C=O) groups is 2. The molecule has 0 bridgehead atoms. The molecule has 2 fully saturated rings. The molecule has 2 aromatic heterocycles. The van der Waals surface area contributed by atoms with Crippen molar-refractivity contribution in [1.29, 1.82) is 0 Å². The fourth-order valence-electron chi connectivity index (χ4n) is 10.3. The molecular formula is C48H58N6O6. The number of piperidine rings is 2. The minimum absolute atomic E-state index is 0.0173. The Morgan fingerprint density at radius 3 is 1.43 bits per heavy atom. The summed E-state index contributed by atoms with van der Waals surface area (Å²) in [7, 11) is 0. The summed E-state index contributed by atoms with van der Waals surface area (Å²) < 4.78 is 12.7. The number of rotatable bonds is 10. The molecule has 316 valence electrons. The van der Waals surface area contributed by atoms with E-state index in [1.54, 1.807) is 0 Å². The number of aromatic nitrogens is 2. The molecular weight excluding hydrogens is 757 g/mol. The Morgan fingerprint density at radius 1 is 0.617 bits per heavy atom. The molecule has 60 heavy (non-hydrogen) atoms. The van der Waals surface area contributed by atoms with Crippen molar-refractivity contribution in [1.82, 2.24) is 20.6 Å². The number of hydrogen-bond donors (Lipinski definition) is 4. The van der Waals surface area contributed by atoms with Gasteiger partial charge in [-0.2, -0.15) is 0 Å². The van der Waals surface area contributed by atoms with E-state index in [1.165, 1.54) is 22.3 Å². The molecule has 0 spiro atoms. The third kappa shape index (κ3) is 8.28. The van der Waals surface area contributed by atoms with Gasteiger partial charge in [0.25, 0.3) is 11.8 Å². The quantitative estimate of drug-likeness (QED) is 0.146. The van der Waals surface area contributed by atoms with Gasteiger partial charge in [0.2, 0.25) is 0 Å². The highest BCUT2D eigenvalue weighted by molar-refractivity contribution is 5.98. The molecule has 2 atom stereocenters. The minimum atomic E-state index is -0.0173. The lowest BCUT2D eigenvalue weighted by molar-refractivity contribution is 0.0957. The smallest absolute Gasteiger partial charge is 0.253 e. The second-order valence-electron chi connectivity index (χ2n) is 17.4. The molecule has 2 aliphatic carbocycles. The zero-order valence-corrected chi connectivity index (χ0v) is 35.0. The van der Waals surface area contributed by atoms with Gasteiger partial charge in [-0.15, -0.1) is 0 Å². The van der Waals surface area contributed by atoms with Crippen LogP contribution in [0.15, 0.2) is 48.5 Å². The number of aryl methyl sites for hydroxylation is 4. The van der Waals surface area contributed by atoms with Crippen molar-refractivity contribution in [3.05, 3.63) is 104 Å². The largest absolute Gasteiger partial charge is 0.490 e. The number of amides is 2. The van der Waals surface area contributed by atoms with Crippen LogP contribution in [0.5, 0.6) is 11.5 Å². The lowest BCUT2D eigenvalue weighted by atomic mass is 9.98. The highest BCUT2D eigenvalue weighted by Crippen LogP contribution is 2.39. The standard InChI is InChI=1S/2C24H29N3O3/c2*1-15-12-21-22(14-25-24(21)29)26-23(15)27-9-6-18(7-10-27)30-19-4-5-20-16(8-11-28)2-3-17(20)13-19/h2*4-5,12-13,16,18,28H,2-3,6-11,14H2,1H3,(H,25,29)/t2*16-/m10/s1. The Morgan fingerprint density at radius 2 is 1.03 bits per heavy atom. The van der Waals surface area contributed by atoms with Crippen LogP contribution >= 0.6 is 0 Å². The van der Waals surface area contributed by atoms with Gasteiger partial charge in [-0.3, -0.25) is 9.59 Å². The number of carbonyl (C=O) groups excluding carboxylic acids is 2. The second-order valence-corrected chi connectivity index (χ2v) is 17.4. The molecule has 0 unspecified atom stereocenters. The zero-order chi connectivity index (χ0) is 41.3. The molecule has 2 amide bonds. The van der Waals surface area contributed by atoms with Gasteiger partial charge in [0.05, 0.1) is 35.6 Å². The predicted molar refractivity (Wildman–Crippen MR) is 230 cm³/mol. The Balaban J connectivity index is 0.000000154. The first-order valence-electron chi connectivity index (χ1n) is 22.1. The first kappa shape index (κ1) is 40.2. The molecule has 0 radical (unpaired) electrons. The Hall–Kier alpha value is -5.20. The Labute approximate surface area is 352 Å². The van der Waals surface area contributed by atoms with Crippen molar-refractivity contribution >= 4 is 23.5 Å². The number of nitrogens with zero attached hydrogens (tertiary/aromatic N) is 4. The van der Waals surface area contributed by atoms with Gasteiger partial charge in [0.15, 0.2) is 0 Å². The summed E-state index contributed by atoms with van der Waals surface area (Å²) in [5.74, 6) is 4.88. The molecule has 4 aliphatic heterocycles. The van der Waals surface area contributed by atoms with Crippen LogP contribution in [0.4, 0.5) is 11.6 Å². The maximum atomic E-state index is 11.9. The first-order chi connectivity index (χ1) is 29.2. The fourth-order valence-corrected chi connectivity index (χ4v) is 10.3. The summed E-state index contributed by atoms with van der Waals surface area (Å²) in [5.41, 5.74) is 10.8. The van der Waals surface area contributed by atoms with E-state index in [4.69, 9.17) is 19.4 Å². The van der Waals surface area contributed by atoms with Crippen molar-refractivity contribution in [3.63, 3.8) is 0 Å². The molecule has 10 rings (SSSR count). The summed E-state index contributed by atoms with van der Waals surface area (Å²) in [6, 6.07) is 16.9. The highest BCUT2D eigenvalue weighted by atomic mass is 16.5. The molecule has 6 aliphatic rings. The number of ether oxygens (including phenoxy) is 2. The van der Waals surface area contributed by atoms with E-state index in [9.17, 15) is 19.8 Å². The van der Waals surface area contributed by atoms with Gasteiger partial charge in [-0.05, 0) is 134 Å². The Kier molecular flexibility index (Phi) is 11.7. The van der Waals surface area contributed by atoms with Gasteiger partial charge >= 0.3 is 0 Å². The predicted octanol–water partition coefficient (Wildman–Crippen LogP) is 6.19. The lowest BCUT2D eigenvalue weighted by Crippen LogP contribution is -2.39. The van der Waals surface area contributed by atoms with E-state index in [1.807, 2.05) is 26.0 Å². The third-order valence-corrected chi connectivity index (χ3v) is 13.5. The van der Waals surface area contributed by atoms with Crippen LogP contribution in [0.3, 0.4) is 0 Å². The molecule has 0 saturated carbocycles. The van der Waals surface area contributed by atoms with Crippen LogP contribution in [-0.4, -0.2) is 83.6 Å². The van der Waals surface area contributed by atoms with Gasteiger partial charge in [-0.25, -0.2) is 9.97 Å². The number of hydrogen-bond acceptors (Lipinski definition) is 10. The normalized spacial score (nSPS) is 20.8. The van der Waals surface area contributed by atoms with Gasteiger partial charge in [-0.1, -0.05) is 12.1 Å². The van der Waals surface area contributed by atoms with Crippen LogP contribution in [0.2, 0.25) is 0 Å². The average molecular weight is 815 g/mol. The number of aliphatic hydroxyl groups is 2. The zero-order valence-electron chi connectivity index (χ0n) is 35.0. The molecule has 2 saturated heterocycles. The SMILES string of the molecule is Cc1cc2c(nc1N1CCC(Oc3ccc4c(c3)CC[C@@H]4CCO)CC1)CNC2=O.Cc1cc2c(nc1N1CCC(Oc3ccc4c(c3)CC[C@H]4CCO)CC1)CNC2=O. The van der Waals surface area contributed by atoms with Crippen LogP contribution in [0.1, 0.15) is 129 Å². The van der Waals surface area contributed by atoms with Gasteiger partial charge < -0.3 is 40.1 Å². The fraction of sp³-hybridized carbons (Fsp3) is 0.500. The molecule has 2 aromatic carbocycles. The van der Waals surface area contributed by atoms with Crippen LogP contribution in [0.25, 0.3) is 0 Å². The van der Waals surface area contributed by atoms with E-state index in [0.29, 0.717) is 36.1 Å². The highest BCUT2D eigenvalue weighted by Gasteiger charge is 2.30. The average Bonchev–Trinajstić information content (AvgIpc) is 4.04. The Bertz CT molecular complexity index is 2090. The van der Waals surface area contributed by atoms with Crippen molar-refractivity contribution in [3.8, 4) is 11.5 Å². The number of fused-ring (bicyclic) bond motifs is 4. The van der Waals surface area contributed by atoms with Crippen LogP contribution < -0.4 is 29.9 Å².